The van der Waals surface area contributed by atoms with Gasteiger partial charge in [-0.15, -0.1) is 0 Å². The Morgan fingerprint density at radius 3 is 1.41 bits per heavy atom. The quantitative estimate of drug-likeness (QED) is 0.145. The number of nitrogens with zero attached hydrogens (tertiary/aromatic N) is 2. The summed E-state index contributed by atoms with van der Waals surface area (Å²) in [6.07, 6.45) is 42.7. The molecule has 2 nitrogen and oxygen atoms in total. The SMILES string of the molecule is CCCCCCCCCCCCc1cnc(C2CCC(CC[C@H]3CC[C@H](CCCCCCC)CC3)CC2)nc1. The second kappa shape index (κ2) is 20.9. The van der Waals surface area contributed by atoms with Gasteiger partial charge in [-0.3, -0.25) is 0 Å². The Morgan fingerprint density at radius 2 is 0.897 bits per heavy atom. The Balaban J connectivity index is 1.19. The van der Waals surface area contributed by atoms with E-state index in [1.807, 2.05) is 0 Å². The largest absolute Gasteiger partial charge is 0.241 e. The van der Waals surface area contributed by atoms with Crippen LogP contribution >= 0.6 is 0 Å². The van der Waals surface area contributed by atoms with E-state index in [2.05, 4.69) is 26.2 Å². The molecule has 2 saturated carbocycles. The average Bonchev–Trinajstić information content (AvgIpc) is 2.98. The number of aryl methyl sites for hydroxylation is 1. The van der Waals surface area contributed by atoms with Crippen molar-refractivity contribution in [2.45, 2.75) is 193 Å². The highest BCUT2D eigenvalue weighted by molar-refractivity contribution is 5.08. The zero-order valence-electron chi connectivity index (χ0n) is 26.5. The summed E-state index contributed by atoms with van der Waals surface area (Å²) in [5, 5.41) is 0. The van der Waals surface area contributed by atoms with E-state index < -0.39 is 0 Å². The summed E-state index contributed by atoms with van der Waals surface area (Å²) in [7, 11) is 0. The van der Waals surface area contributed by atoms with Crippen molar-refractivity contribution in [3.63, 3.8) is 0 Å². The summed E-state index contributed by atoms with van der Waals surface area (Å²) in [6.45, 7) is 4.62. The van der Waals surface area contributed by atoms with Gasteiger partial charge in [-0.05, 0) is 61.8 Å². The molecule has 224 valence electrons. The standard InChI is InChI=1S/C37H66N2/c1-3-5-7-9-10-11-12-13-15-17-19-35-30-38-37(39-31-35)36-28-26-34(27-29-36)25-24-33-22-20-32(21-23-33)18-16-14-8-6-4-2/h30-34,36H,3-29H2,1-2H3/t32-,33-,34?,36?. The van der Waals surface area contributed by atoms with E-state index in [4.69, 9.17) is 9.97 Å². The van der Waals surface area contributed by atoms with E-state index in [9.17, 15) is 0 Å². The van der Waals surface area contributed by atoms with E-state index in [-0.39, 0.29) is 0 Å². The lowest BCUT2D eigenvalue weighted by Gasteiger charge is -2.31. The second-order valence-corrected chi connectivity index (χ2v) is 13.8. The molecule has 2 aliphatic rings. The number of hydrogen-bond acceptors (Lipinski definition) is 2. The Bertz CT molecular complexity index is 682. The van der Waals surface area contributed by atoms with Crippen molar-refractivity contribution < 1.29 is 0 Å². The van der Waals surface area contributed by atoms with Crippen LogP contribution in [0.3, 0.4) is 0 Å². The van der Waals surface area contributed by atoms with Crippen LogP contribution < -0.4 is 0 Å². The molecule has 0 aromatic carbocycles. The minimum absolute atomic E-state index is 0.611. The Labute approximate surface area is 244 Å². The van der Waals surface area contributed by atoms with Gasteiger partial charge in [0.1, 0.15) is 5.82 Å². The fourth-order valence-electron chi connectivity index (χ4n) is 7.55. The number of rotatable bonds is 21. The smallest absolute Gasteiger partial charge is 0.131 e. The van der Waals surface area contributed by atoms with E-state index in [1.165, 1.54) is 173 Å². The number of aromatic nitrogens is 2. The van der Waals surface area contributed by atoms with Gasteiger partial charge in [0.15, 0.2) is 0 Å². The first-order valence-corrected chi connectivity index (χ1v) is 18.1. The predicted octanol–water partition coefficient (Wildman–Crippen LogP) is 12.2. The molecule has 2 heteroatoms. The fraction of sp³-hybridized carbons (Fsp3) is 0.892. The molecular weight excluding hydrogens is 472 g/mol. The van der Waals surface area contributed by atoms with Crippen LogP contribution in [0, 0.1) is 17.8 Å². The highest BCUT2D eigenvalue weighted by Gasteiger charge is 2.26. The van der Waals surface area contributed by atoms with Gasteiger partial charge in [-0.2, -0.15) is 0 Å². The molecule has 0 spiro atoms. The van der Waals surface area contributed by atoms with E-state index in [0.29, 0.717) is 5.92 Å². The highest BCUT2D eigenvalue weighted by Crippen LogP contribution is 2.39. The molecule has 0 N–H and O–H groups in total. The number of hydrogen-bond donors (Lipinski definition) is 0. The normalized spacial score (nSPS) is 23.7. The molecule has 39 heavy (non-hydrogen) atoms. The molecule has 0 saturated heterocycles. The van der Waals surface area contributed by atoms with Crippen molar-refractivity contribution in [3.05, 3.63) is 23.8 Å². The molecule has 0 atom stereocenters. The summed E-state index contributed by atoms with van der Waals surface area (Å²) in [4.78, 5) is 9.68. The number of unbranched alkanes of at least 4 members (excludes halogenated alkanes) is 13. The van der Waals surface area contributed by atoms with Crippen molar-refractivity contribution in [2.24, 2.45) is 17.8 Å². The maximum Gasteiger partial charge on any atom is 0.131 e. The maximum absolute atomic E-state index is 4.84. The van der Waals surface area contributed by atoms with Gasteiger partial charge < -0.3 is 0 Å². The van der Waals surface area contributed by atoms with Crippen molar-refractivity contribution >= 4 is 0 Å². The minimum atomic E-state index is 0.611. The minimum Gasteiger partial charge on any atom is -0.241 e. The molecule has 0 bridgehead atoms. The van der Waals surface area contributed by atoms with Crippen LogP contribution in [0.1, 0.15) is 198 Å². The zero-order valence-corrected chi connectivity index (χ0v) is 26.5. The highest BCUT2D eigenvalue weighted by atomic mass is 14.9. The third-order valence-electron chi connectivity index (χ3n) is 10.4. The van der Waals surface area contributed by atoms with Crippen LogP contribution in [0.15, 0.2) is 12.4 Å². The van der Waals surface area contributed by atoms with Crippen molar-refractivity contribution in [3.8, 4) is 0 Å². The van der Waals surface area contributed by atoms with Crippen LogP contribution in [0.25, 0.3) is 0 Å². The van der Waals surface area contributed by atoms with Gasteiger partial charge in [-0.1, -0.05) is 149 Å². The summed E-state index contributed by atoms with van der Waals surface area (Å²) in [5.41, 5.74) is 1.35. The summed E-state index contributed by atoms with van der Waals surface area (Å²) >= 11 is 0. The van der Waals surface area contributed by atoms with Gasteiger partial charge >= 0.3 is 0 Å². The Morgan fingerprint density at radius 1 is 0.487 bits per heavy atom. The third kappa shape index (κ3) is 14.0. The van der Waals surface area contributed by atoms with Gasteiger partial charge in [0, 0.05) is 18.3 Å². The molecule has 1 aromatic heterocycles. The monoisotopic (exact) mass is 539 g/mol. The van der Waals surface area contributed by atoms with E-state index in [1.54, 1.807) is 0 Å². The molecule has 0 aliphatic heterocycles. The Hall–Kier alpha value is -0.920. The van der Waals surface area contributed by atoms with Crippen molar-refractivity contribution in [1.29, 1.82) is 0 Å². The predicted molar refractivity (Wildman–Crippen MR) is 170 cm³/mol. The first-order valence-electron chi connectivity index (χ1n) is 18.1. The Kier molecular flexibility index (Phi) is 17.5. The third-order valence-corrected chi connectivity index (χ3v) is 10.4. The van der Waals surface area contributed by atoms with Crippen LogP contribution in [-0.2, 0) is 6.42 Å². The molecule has 0 radical (unpaired) electrons. The first kappa shape index (κ1) is 32.6. The summed E-state index contributed by atoms with van der Waals surface area (Å²) in [5.74, 6) is 4.80. The van der Waals surface area contributed by atoms with Gasteiger partial charge in [0.05, 0.1) is 0 Å². The van der Waals surface area contributed by atoms with Crippen molar-refractivity contribution in [1.82, 2.24) is 9.97 Å². The molecule has 0 amide bonds. The van der Waals surface area contributed by atoms with Crippen LogP contribution in [-0.4, -0.2) is 9.97 Å². The topological polar surface area (TPSA) is 25.8 Å². The molecule has 1 heterocycles. The second-order valence-electron chi connectivity index (χ2n) is 13.8. The molecule has 3 rings (SSSR count). The summed E-state index contributed by atoms with van der Waals surface area (Å²) in [6, 6.07) is 0. The first-order chi connectivity index (χ1) is 19.3. The van der Waals surface area contributed by atoms with Gasteiger partial charge in [0.2, 0.25) is 0 Å². The lowest BCUT2D eigenvalue weighted by Crippen LogP contribution is -2.18. The molecule has 2 aliphatic carbocycles. The van der Waals surface area contributed by atoms with Gasteiger partial charge in [-0.25, -0.2) is 9.97 Å². The van der Waals surface area contributed by atoms with Crippen LogP contribution in [0.4, 0.5) is 0 Å². The molecule has 2 fully saturated rings. The van der Waals surface area contributed by atoms with E-state index in [0.717, 1.165) is 30.0 Å². The van der Waals surface area contributed by atoms with Crippen molar-refractivity contribution in [2.75, 3.05) is 0 Å². The van der Waals surface area contributed by atoms with Crippen LogP contribution in [0.5, 0.6) is 0 Å². The lowest BCUT2D eigenvalue weighted by atomic mass is 9.74. The van der Waals surface area contributed by atoms with Gasteiger partial charge in [0.25, 0.3) is 0 Å². The molecular formula is C37H66N2. The van der Waals surface area contributed by atoms with Crippen LogP contribution in [0.2, 0.25) is 0 Å². The fourth-order valence-corrected chi connectivity index (χ4v) is 7.55. The maximum atomic E-state index is 4.84. The summed E-state index contributed by atoms with van der Waals surface area (Å²) < 4.78 is 0. The molecule has 1 aromatic rings. The molecule has 0 unspecified atom stereocenters. The zero-order chi connectivity index (χ0) is 27.4. The van der Waals surface area contributed by atoms with E-state index >= 15 is 0 Å². The average molecular weight is 539 g/mol. The lowest BCUT2D eigenvalue weighted by molar-refractivity contribution is 0.221.